The number of hydrogen-bond acceptors (Lipinski definition) is 8. The van der Waals surface area contributed by atoms with Crippen molar-refractivity contribution in [2.75, 3.05) is 51.4 Å². The van der Waals surface area contributed by atoms with Crippen LogP contribution < -0.4 is 22.5 Å². The van der Waals surface area contributed by atoms with E-state index in [0.29, 0.717) is 6.61 Å². The van der Waals surface area contributed by atoms with Crippen LogP contribution in [0.5, 0.6) is 0 Å². The third kappa shape index (κ3) is 8.03. The van der Waals surface area contributed by atoms with Crippen LogP contribution in [-0.2, 0) is 28.8 Å². The summed E-state index contributed by atoms with van der Waals surface area (Å²) in [5.74, 6) is 13.3. The topological polar surface area (TPSA) is 131 Å². The van der Waals surface area contributed by atoms with Gasteiger partial charge in [0.1, 0.15) is 0 Å². The Labute approximate surface area is 208 Å². The second kappa shape index (κ2) is 14.4. The highest BCUT2D eigenvalue weighted by Gasteiger charge is 2.22. The number of esters is 1. The first kappa shape index (κ1) is 28.3. The zero-order chi connectivity index (χ0) is 25.8. The maximum atomic E-state index is 11.7. The van der Waals surface area contributed by atoms with Gasteiger partial charge in [-0.05, 0) is 60.2 Å². The quantitative estimate of drug-likeness (QED) is 0.243. The van der Waals surface area contributed by atoms with E-state index in [1.165, 1.54) is 16.7 Å². The van der Waals surface area contributed by atoms with Gasteiger partial charge in [-0.15, -0.1) is 0 Å². The summed E-state index contributed by atoms with van der Waals surface area (Å²) in [5, 5.41) is 1.61. The third-order valence-electron chi connectivity index (χ3n) is 6.52. The molecule has 2 aromatic carbocycles. The highest BCUT2D eigenvalue weighted by atomic mass is 16.5. The number of piperazine rings is 1. The van der Waals surface area contributed by atoms with E-state index in [-0.39, 0.29) is 5.97 Å². The first-order valence-corrected chi connectivity index (χ1v) is 12.0. The maximum absolute atomic E-state index is 11.7. The van der Waals surface area contributed by atoms with Crippen LogP contribution in [0.3, 0.4) is 0 Å². The molecule has 0 atom stereocenters. The minimum atomic E-state index is -0.194. The van der Waals surface area contributed by atoms with E-state index in [4.69, 9.17) is 10.6 Å². The molecule has 1 amide bonds. The number of ether oxygens (including phenoxy) is 1. The first-order chi connectivity index (χ1) is 16.9. The standard InChI is InChI=1S/C17H22N2O3.C9H14N2.H4N2/c1-13-14(2-3-16-15(13)5-11-22-17(16)21)4-6-18-7-9-19(12-20)10-8-18;1-3-8-4-6-9(7-5-8)11(2)10;1-2/h2-3,12H,4-11H2,1H3;4-7H,3,10H2,1-2H3;1-2H2. The van der Waals surface area contributed by atoms with Crippen molar-refractivity contribution in [3.05, 3.63) is 64.2 Å². The highest BCUT2D eigenvalue weighted by Crippen LogP contribution is 2.24. The Morgan fingerprint density at radius 2 is 1.71 bits per heavy atom. The summed E-state index contributed by atoms with van der Waals surface area (Å²) in [6.45, 7) is 9.25. The molecule has 4 rings (SSSR count). The fourth-order valence-corrected chi connectivity index (χ4v) is 4.25. The predicted octanol–water partition coefficient (Wildman–Crippen LogP) is 1.40. The number of carbonyl (C=O) groups excluding carboxylic acids is 2. The Morgan fingerprint density at radius 1 is 1.06 bits per heavy atom. The minimum Gasteiger partial charge on any atom is -0.462 e. The number of hydrogen-bond donors (Lipinski definition) is 3. The van der Waals surface area contributed by atoms with Crippen LogP contribution in [0.4, 0.5) is 5.69 Å². The number of nitrogens with two attached hydrogens (primary N) is 3. The molecule has 2 aliphatic rings. The van der Waals surface area contributed by atoms with Gasteiger partial charge in [0.25, 0.3) is 0 Å². The lowest BCUT2D eigenvalue weighted by molar-refractivity contribution is -0.119. The molecule has 1 saturated heterocycles. The van der Waals surface area contributed by atoms with Crippen LogP contribution in [0.1, 0.15) is 39.5 Å². The molecule has 35 heavy (non-hydrogen) atoms. The lowest BCUT2D eigenvalue weighted by atomic mass is 9.92. The Kier molecular flexibility index (Phi) is 11.6. The molecule has 2 heterocycles. The van der Waals surface area contributed by atoms with Crippen LogP contribution in [-0.4, -0.2) is 68.6 Å². The summed E-state index contributed by atoms with van der Waals surface area (Å²) in [5.41, 5.74) is 6.82. The van der Waals surface area contributed by atoms with E-state index in [9.17, 15) is 9.59 Å². The van der Waals surface area contributed by atoms with Crippen LogP contribution in [0, 0.1) is 6.92 Å². The Morgan fingerprint density at radius 3 is 2.29 bits per heavy atom. The summed E-state index contributed by atoms with van der Waals surface area (Å²) >= 11 is 0. The fraction of sp³-hybridized carbons (Fsp3) is 0.462. The monoisotopic (exact) mass is 484 g/mol. The number of anilines is 1. The van der Waals surface area contributed by atoms with Gasteiger partial charge < -0.3 is 14.6 Å². The fourth-order valence-electron chi connectivity index (χ4n) is 4.25. The Bertz CT molecular complexity index is 941. The van der Waals surface area contributed by atoms with Crippen molar-refractivity contribution in [2.45, 2.75) is 33.1 Å². The zero-order valence-corrected chi connectivity index (χ0v) is 21.2. The molecular weight excluding hydrogens is 444 g/mol. The van der Waals surface area contributed by atoms with Crippen LogP contribution in [0.2, 0.25) is 0 Å². The first-order valence-electron chi connectivity index (χ1n) is 12.0. The van der Waals surface area contributed by atoms with E-state index >= 15 is 0 Å². The average Bonchev–Trinajstić information content (AvgIpc) is 2.90. The van der Waals surface area contributed by atoms with Crippen LogP contribution in [0.25, 0.3) is 0 Å². The van der Waals surface area contributed by atoms with Gasteiger partial charge in [0.2, 0.25) is 6.41 Å². The van der Waals surface area contributed by atoms with Crippen LogP contribution >= 0.6 is 0 Å². The average molecular weight is 485 g/mol. The summed E-state index contributed by atoms with van der Waals surface area (Å²) in [6, 6.07) is 12.2. The number of cyclic esters (lactones) is 1. The summed E-state index contributed by atoms with van der Waals surface area (Å²) in [6.07, 6.45) is 3.81. The second-order valence-electron chi connectivity index (χ2n) is 8.63. The van der Waals surface area contributed by atoms with Crippen LogP contribution in [0.15, 0.2) is 36.4 Å². The van der Waals surface area contributed by atoms with Gasteiger partial charge in [-0.1, -0.05) is 25.1 Å². The predicted molar refractivity (Wildman–Crippen MR) is 140 cm³/mol. The van der Waals surface area contributed by atoms with E-state index in [2.05, 4.69) is 48.6 Å². The summed E-state index contributed by atoms with van der Waals surface area (Å²) < 4.78 is 5.09. The lowest BCUT2D eigenvalue weighted by Gasteiger charge is -2.32. The van der Waals surface area contributed by atoms with E-state index in [0.717, 1.165) is 75.2 Å². The molecule has 0 aromatic heterocycles. The van der Waals surface area contributed by atoms with Gasteiger partial charge in [-0.2, -0.15) is 0 Å². The Hall–Kier alpha value is -2.98. The van der Waals surface area contributed by atoms with E-state index in [1.54, 1.807) is 5.01 Å². The molecule has 6 N–H and O–H groups in total. The molecule has 2 aliphatic heterocycles. The van der Waals surface area contributed by atoms with Crippen molar-refractivity contribution in [3.8, 4) is 0 Å². The molecular formula is C26H40N6O3. The van der Waals surface area contributed by atoms with Crippen molar-refractivity contribution in [1.29, 1.82) is 0 Å². The van der Waals surface area contributed by atoms with Gasteiger partial charge in [-0.3, -0.25) is 21.4 Å². The van der Waals surface area contributed by atoms with Gasteiger partial charge in [0.05, 0.1) is 17.9 Å². The molecule has 0 saturated carbocycles. The third-order valence-corrected chi connectivity index (χ3v) is 6.52. The molecule has 0 aliphatic carbocycles. The molecule has 2 aromatic rings. The Balaban J connectivity index is 0.000000280. The van der Waals surface area contributed by atoms with Crippen molar-refractivity contribution < 1.29 is 14.3 Å². The van der Waals surface area contributed by atoms with E-state index in [1.807, 2.05) is 30.1 Å². The molecule has 9 heteroatoms. The second-order valence-corrected chi connectivity index (χ2v) is 8.63. The lowest BCUT2D eigenvalue weighted by Crippen LogP contribution is -2.46. The molecule has 1 fully saturated rings. The number of benzene rings is 2. The highest BCUT2D eigenvalue weighted by molar-refractivity contribution is 5.92. The number of nitrogens with zero attached hydrogens (tertiary/aromatic N) is 3. The SMILES string of the molecule is CCc1ccc(N(C)N)cc1.Cc1c(CCN2CCN(C=O)CC2)ccc2c1CCOC2=O.NN. The largest absolute Gasteiger partial charge is 0.462 e. The molecule has 0 bridgehead atoms. The number of hydrazine groups is 2. The minimum absolute atomic E-state index is 0.194. The van der Waals surface area contributed by atoms with E-state index < -0.39 is 0 Å². The number of rotatable bonds is 6. The van der Waals surface area contributed by atoms with Crippen molar-refractivity contribution in [1.82, 2.24) is 9.80 Å². The molecule has 0 radical (unpaired) electrons. The molecule has 192 valence electrons. The normalized spacial score (nSPS) is 15.0. The zero-order valence-electron chi connectivity index (χ0n) is 21.2. The molecule has 0 unspecified atom stereocenters. The van der Waals surface area contributed by atoms with Crippen molar-refractivity contribution in [3.63, 3.8) is 0 Å². The molecule has 9 nitrogen and oxygen atoms in total. The number of fused-ring (bicyclic) bond motifs is 1. The van der Waals surface area contributed by atoms with Gasteiger partial charge in [0.15, 0.2) is 0 Å². The van der Waals surface area contributed by atoms with Gasteiger partial charge in [0, 0.05) is 46.2 Å². The number of amides is 1. The number of aryl methyl sites for hydroxylation is 1. The van der Waals surface area contributed by atoms with Crippen molar-refractivity contribution in [2.24, 2.45) is 17.5 Å². The maximum Gasteiger partial charge on any atom is 0.338 e. The number of carbonyl (C=O) groups is 2. The van der Waals surface area contributed by atoms with Crippen molar-refractivity contribution >= 4 is 18.1 Å². The van der Waals surface area contributed by atoms with Gasteiger partial charge in [-0.25, -0.2) is 10.6 Å². The smallest absolute Gasteiger partial charge is 0.338 e. The van der Waals surface area contributed by atoms with Gasteiger partial charge >= 0.3 is 5.97 Å². The molecule has 0 spiro atoms. The summed E-state index contributed by atoms with van der Waals surface area (Å²) in [4.78, 5) is 26.7. The summed E-state index contributed by atoms with van der Waals surface area (Å²) in [7, 11) is 1.83.